The smallest absolute Gasteiger partial charge is 0.185 e. The number of hydrogen-bond acceptors (Lipinski definition) is 6. The van der Waals surface area contributed by atoms with Crippen LogP contribution in [0.4, 0.5) is 11.5 Å². The molecule has 3 heterocycles. The summed E-state index contributed by atoms with van der Waals surface area (Å²) in [5, 5.41) is 17.7. The Bertz CT molecular complexity index is 1150. The molecule has 0 bridgehead atoms. The maximum atomic E-state index is 5.00. The summed E-state index contributed by atoms with van der Waals surface area (Å²) in [5.41, 5.74) is 5.04. The van der Waals surface area contributed by atoms with Crippen LogP contribution in [-0.4, -0.2) is 38.7 Å². The van der Waals surface area contributed by atoms with Crippen LogP contribution in [0.2, 0.25) is 0 Å². The second-order valence-electron chi connectivity index (χ2n) is 9.30. The first-order valence-electron chi connectivity index (χ1n) is 11.3. The monoisotopic (exact) mass is 431 g/mol. The van der Waals surface area contributed by atoms with Crippen molar-refractivity contribution in [1.82, 2.24) is 19.9 Å². The minimum absolute atomic E-state index is 0.135. The lowest BCUT2D eigenvalue weighted by molar-refractivity contribution is 0.573. The highest BCUT2D eigenvalue weighted by molar-refractivity contribution is 5.98. The molecule has 0 radical (unpaired) electrons. The molecule has 1 aliphatic rings. The number of aryl methyl sites for hydroxylation is 2. The summed E-state index contributed by atoms with van der Waals surface area (Å²) in [6.45, 7) is 16.8. The van der Waals surface area contributed by atoms with Gasteiger partial charge in [0.15, 0.2) is 11.6 Å². The van der Waals surface area contributed by atoms with Crippen molar-refractivity contribution in [2.24, 2.45) is 10.5 Å². The van der Waals surface area contributed by atoms with Crippen LogP contribution in [-0.2, 0) is 0 Å². The second kappa shape index (κ2) is 8.37. The molecular formula is C25H33N7. The average Bonchev–Trinajstić information content (AvgIpc) is 3.31. The third-order valence-electron chi connectivity index (χ3n) is 6.02. The lowest BCUT2D eigenvalue weighted by atomic mass is 9.85. The molecule has 1 atom stereocenters. The lowest BCUT2D eigenvalue weighted by Crippen LogP contribution is -2.30. The third-order valence-corrected chi connectivity index (χ3v) is 6.02. The number of fused-ring (bicyclic) bond motifs is 1. The Hall–Kier alpha value is -3.22. The first kappa shape index (κ1) is 22.0. The van der Waals surface area contributed by atoms with E-state index in [2.05, 4.69) is 86.2 Å². The van der Waals surface area contributed by atoms with Gasteiger partial charge in [-0.3, -0.25) is 0 Å². The quantitative estimate of drug-likeness (QED) is 0.579. The van der Waals surface area contributed by atoms with Gasteiger partial charge in [0, 0.05) is 24.1 Å². The molecule has 1 unspecified atom stereocenters. The molecule has 168 valence electrons. The van der Waals surface area contributed by atoms with Crippen LogP contribution in [0.25, 0.3) is 11.4 Å². The van der Waals surface area contributed by atoms with Crippen molar-refractivity contribution in [2.45, 2.75) is 54.5 Å². The number of hydrogen-bond donors (Lipinski definition) is 1. The van der Waals surface area contributed by atoms with Gasteiger partial charge in [0.25, 0.3) is 0 Å². The van der Waals surface area contributed by atoms with Crippen molar-refractivity contribution in [1.29, 1.82) is 0 Å². The zero-order chi connectivity index (χ0) is 23.0. The van der Waals surface area contributed by atoms with E-state index in [1.165, 1.54) is 0 Å². The Morgan fingerprint density at radius 2 is 1.72 bits per heavy atom. The van der Waals surface area contributed by atoms with Gasteiger partial charge in [0.1, 0.15) is 11.9 Å². The molecule has 0 spiro atoms. The van der Waals surface area contributed by atoms with E-state index in [4.69, 9.17) is 10.1 Å². The number of anilines is 2. The Balaban J connectivity index is 1.73. The van der Waals surface area contributed by atoms with Crippen molar-refractivity contribution in [3.63, 3.8) is 0 Å². The van der Waals surface area contributed by atoms with E-state index in [1.807, 2.05) is 23.7 Å². The molecule has 1 N–H and O–H groups in total. The van der Waals surface area contributed by atoms with Crippen LogP contribution in [0, 0.1) is 19.3 Å². The average molecular weight is 432 g/mol. The van der Waals surface area contributed by atoms with Gasteiger partial charge >= 0.3 is 0 Å². The summed E-state index contributed by atoms with van der Waals surface area (Å²) in [5.74, 6) is 2.58. The van der Waals surface area contributed by atoms with E-state index in [9.17, 15) is 0 Å². The highest BCUT2D eigenvalue weighted by Gasteiger charge is 2.38. The lowest BCUT2D eigenvalue weighted by Gasteiger charge is -2.26. The van der Waals surface area contributed by atoms with Gasteiger partial charge in [-0.15, -0.1) is 10.2 Å². The third kappa shape index (κ3) is 3.87. The highest BCUT2D eigenvalue weighted by Crippen LogP contribution is 2.37. The number of rotatable bonds is 6. The molecule has 0 saturated carbocycles. The van der Waals surface area contributed by atoms with Gasteiger partial charge in [-0.25, -0.2) is 4.98 Å². The van der Waals surface area contributed by atoms with E-state index < -0.39 is 0 Å². The minimum Gasteiger partial charge on any atom is -0.369 e. The van der Waals surface area contributed by atoms with Gasteiger partial charge in [-0.05, 0) is 45.4 Å². The molecule has 0 amide bonds. The summed E-state index contributed by atoms with van der Waals surface area (Å²) in [6.07, 6.45) is 0. The normalized spacial score (nSPS) is 15.5. The Morgan fingerprint density at radius 3 is 2.34 bits per heavy atom. The molecule has 3 aromatic rings. The zero-order valence-electron chi connectivity index (χ0n) is 20.1. The zero-order valence-corrected chi connectivity index (χ0v) is 20.1. The molecule has 4 rings (SSSR count). The molecule has 1 aromatic carbocycles. The van der Waals surface area contributed by atoms with Crippen LogP contribution < -0.4 is 10.2 Å². The fourth-order valence-corrected chi connectivity index (χ4v) is 4.15. The molecule has 0 fully saturated rings. The number of nitrogens with one attached hydrogen (secondary N) is 1. The van der Waals surface area contributed by atoms with Crippen LogP contribution >= 0.6 is 0 Å². The van der Waals surface area contributed by atoms with Crippen molar-refractivity contribution >= 4 is 17.2 Å². The number of pyridine rings is 1. The van der Waals surface area contributed by atoms with E-state index in [0.29, 0.717) is 0 Å². The second-order valence-corrected chi connectivity index (χ2v) is 9.30. The van der Waals surface area contributed by atoms with Crippen LogP contribution in [0.5, 0.6) is 0 Å². The van der Waals surface area contributed by atoms with E-state index >= 15 is 0 Å². The summed E-state index contributed by atoms with van der Waals surface area (Å²) in [4.78, 5) is 7.09. The Morgan fingerprint density at radius 1 is 1.00 bits per heavy atom. The standard InChI is InChI=1S/C25H33N7/c1-8-31(9-2)20-15-14-19(17(4)26-20)27-21-22(25(5,6)7)30-32-23(28-29-24(21)32)18-13-11-10-12-16(18)3/h10-15,21,27H,8-9H2,1-7H3. The summed E-state index contributed by atoms with van der Waals surface area (Å²) >= 11 is 0. The van der Waals surface area contributed by atoms with Gasteiger partial charge in [-0.1, -0.05) is 45.0 Å². The number of nitrogens with zero attached hydrogens (tertiary/aromatic N) is 6. The Kier molecular flexibility index (Phi) is 5.75. The van der Waals surface area contributed by atoms with Crippen LogP contribution in [0.15, 0.2) is 41.5 Å². The largest absolute Gasteiger partial charge is 0.369 e. The minimum atomic E-state index is -0.167. The van der Waals surface area contributed by atoms with Gasteiger partial charge in [-0.2, -0.15) is 9.78 Å². The molecule has 2 aromatic heterocycles. The first-order valence-corrected chi connectivity index (χ1v) is 11.3. The van der Waals surface area contributed by atoms with Crippen LogP contribution in [0.1, 0.15) is 57.7 Å². The SMILES string of the molecule is CCN(CC)c1ccc(NC2C(C(C)(C)C)=Nn3c(-c4ccccc4C)nnc32)c(C)n1. The predicted octanol–water partition coefficient (Wildman–Crippen LogP) is 5.22. The van der Waals surface area contributed by atoms with E-state index in [0.717, 1.165) is 58.8 Å². The molecule has 0 saturated heterocycles. The maximum absolute atomic E-state index is 5.00. The highest BCUT2D eigenvalue weighted by atomic mass is 15.5. The number of benzene rings is 1. The molecule has 32 heavy (non-hydrogen) atoms. The molecule has 7 nitrogen and oxygen atoms in total. The maximum Gasteiger partial charge on any atom is 0.185 e. The van der Waals surface area contributed by atoms with Crippen molar-refractivity contribution in [3.8, 4) is 11.4 Å². The first-order chi connectivity index (χ1) is 15.2. The molecular weight excluding hydrogens is 398 g/mol. The topological polar surface area (TPSA) is 71.2 Å². The summed E-state index contributed by atoms with van der Waals surface area (Å²) in [6, 6.07) is 12.2. The van der Waals surface area contributed by atoms with Gasteiger partial charge in [0.05, 0.1) is 17.1 Å². The van der Waals surface area contributed by atoms with E-state index in [-0.39, 0.29) is 11.5 Å². The fourth-order valence-electron chi connectivity index (χ4n) is 4.15. The van der Waals surface area contributed by atoms with Crippen molar-refractivity contribution in [3.05, 3.63) is 53.5 Å². The van der Waals surface area contributed by atoms with E-state index in [1.54, 1.807) is 0 Å². The predicted molar refractivity (Wildman–Crippen MR) is 131 cm³/mol. The molecule has 0 aliphatic carbocycles. The molecule has 7 heteroatoms. The van der Waals surface area contributed by atoms with Crippen molar-refractivity contribution < 1.29 is 0 Å². The van der Waals surface area contributed by atoms with Gasteiger partial charge in [0.2, 0.25) is 0 Å². The van der Waals surface area contributed by atoms with Crippen molar-refractivity contribution in [2.75, 3.05) is 23.3 Å². The summed E-state index contributed by atoms with van der Waals surface area (Å²) in [7, 11) is 0. The van der Waals surface area contributed by atoms with Gasteiger partial charge < -0.3 is 10.2 Å². The fraction of sp³-hybridized carbons (Fsp3) is 0.440. The molecule has 1 aliphatic heterocycles. The van der Waals surface area contributed by atoms with Crippen LogP contribution in [0.3, 0.4) is 0 Å². The summed E-state index contributed by atoms with van der Waals surface area (Å²) < 4.78 is 1.90. The number of aromatic nitrogens is 4. The Labute approximate surface area is 190 Å².